The molecule has 0 spiro atoms. The van der Waals surface area contributed by atoms with Crippen molar-refractivity contribution < 1.29 is 0 Å². The van der Waals surface area contributed by atoms with E-state index in [9.17, 15) is 0 Å². The Morgan fingerprint density at radius 3 is 3.10 bits per heavy atom. The van der Waals surface area contributed by atoms with Gasteiger partial charge in [0.1, 0.15) is 12.2 Å². The van der Waals surface area contributed by atoms with Crippen LogP contribution in [0, 0.1) is 0 Å². The van der Waals surface area contributed by atoms with E-state index in [2.05, 4.69) is 16.7 Å². The van der Waals surface area contributed by atoms with Gasteiger partial charge in [-0.2, -0.15) is 5.10 Å². The molecule has 52 valence electrons. The van der Waals surface area contributed by atoms with E-state index in [0.717, 1.165) is 5.82 Å². The number of nitrogens with zero attached hydrogens (tertiary/aromatic N) is 3. The van der Waals surface area contributed by atoms with Gasteiger partial charge in [-0.1, -0.05) is 6.58 Å². The van der Waals surface area contributed by atoms with Crippen molar-refractivity contribution >= 4 is 6.20 Å². The second-order valence-electron chi connectivity index (χ2n) is 2.52. The summed E-state index contributed by atoms with van der Waals surface area (Å²) in [5.41, 5.74) is 0. The topological polar surface area (TPSA) is 30.7 Å². The minimum absolute atomic E-state index is 0.653. The Kier molecular flexibility index (Phi) is 1.09. The summed E-state index contributed by atoms with van der Waals surface area (Å²) in [4.78, 5) is 4.13. The molecule has 10 heavy (non-hydrogen) atoms. The fourth-order valence-electron chi connectivity index (χ4n) is 1.03. The second kappa shape index (κ2) is 1.94. The summed E-state index contributed by atoms with van der Waals surface area (Å²) >= 11 is 0. The third kappa shape index (κ3) is 0.744. The lowest BCUT2D eigenvalue weighted by molar-refractivity contribution is 0.834. The van der Waals surface area contributed by atoms with E-state index in [1.807, 2.05) is 0 Å². The van der Waals surface area contributed by atoms with E-state index in [1.165, 1.54) is 12.8 Å². The molecule has 0 aromatic carbocycles. The van der Waals surface area contributed by atoms with Gasteiger partial charge in [-0.15, -0.1) is 0 Å². The maximum atomic E-state index is 4.13. The van der Waals surface area contributed by atoms with Gasteiger partial charge >= 0.3 is 0 Å². The molecular weight excluding hydrogens is 126 g/mol. The van der Waals surface area contributed by atoms with Crippen LogP contribution in [0.4, 0.5) is 0 Å². The highest BCUT2D eigenvalue weighted by atomic mass is 15.3. The van der Waals surface area contributed by atoms with Crippen molar-refractivity contribution in [1.82, 2.24) is 14.8 Å². The van der Waals surface area contributed by atoms with Crippen molar-refractivity contribution in [1.29, 1.82) is 0 Å². The first-order valence-corrected chi connectivity index (χ1v) is 3.44. The smallest absolute Gasteiger partial charge is 0.138 e. The predicted octanol–water partition coefficient (Wildman–Crippen LogP) is 1.26. The van der Waals surface area contributed by atoms with Gasteiger partial charge in [-0.05, 0) is 12.8 Å². The van der Waals surface area contributed by atoms with Crippen molar-refractivity contribution in [2.24, 2.45) is 0 Å². The van der Waals surface area contributed by atoms with Crippen molar-refractivity contribution in [3.8, 4) is 0 Å². The second-order valence-corrected chi connectivity index (χ2v) is 2.52. The molecular formula is C7H9N3. The van der Waals surface area contributed by atoms with Gasteiger partial charge in [0.2, 0.25) is 0 Å². The summed E-state index contributed by atoms with van der Waals surface area (Å²) < 4.78 is 1.75. The Hall–Kier alpha value is -1.12. The molecule has 0 saturated heterocycles. The first-order valence-electron chi connectivity index (χ1n) is 3.44. The Morgan fingerprint density at radius 1 is 1.70 bits per heavy atom. The summed E-state index contributed by atoms with van der Waals surface area (Å²) in [6.07, 6.45) is 5.79. The molecule has 1 aromatic heterocycles. The van der Waals surface area contributed by atoms with E-state index in [4.69, 9.17) is 0 Å². The lowest BCUT2D eigenvalue weighted by Gasteiger charge is -1.94. The molecule has 1 saturated carbocycles. The van der Waals surface area contributed by atoms with E-state index in [0.29, 0.717) is 5.92 Å². The van der Waals surface area contributed by atoms with Gasteiger partial charge in [0.15, 0.2) is 0 Å². The van der Waals surface area contributed by atoms with Crippen LogP contribution in [0.5, 0.6) is 0 Å². The molecule has 0 bridgehead atoms. The summed E-state index contributed by atoms with van der Waals surface area (Å²) in [5.74, 6) is 1.72. The van der Waals surface area contributed by atoms with Crippen LogP contribution in [-0.4, -0.2) is 14.8 Å². The third-order valence-electron chi connectivity index (χ3n) is 1.72. The van der Waals surface area contributed by atoms with Crippen LogP contribution < -0.4 is 0 Å². The molecule has 3 nitrogen and oxygen atoms in total. The maximum absolute atomic E-state index is 4.13. The number of hydrogen-bond acceptors (Lipinski definition) is 2. The zero-order valence-corrected chi connectivity index (χ0v) is 5.70. The monoisotopic (exact) mass is 135 g/mol. The largest absolute Gasteiger partial charge is 0.225 e. The van der Waals surface area contributed by atoms with Gasteiger partial charge in [0.25, 0.3) is 0 Å². The van der Waals surface area contributed by atoms with E-state index >= 15 is 0 Å². The number of aromatic nitrogens is 3. The third-order valence-corrected chi connectivity index (χ3v) is 1.72. The van der Waals surface area contributed by atoms with Crippen molar-refractivity contribution in [3.63, 3.8) is 0 Å². The zero-order chi connectivity index (χ0) is 6.97. The molecule has 0 amide bonds. The molecule has 0 aliphatic heterocycles. The Bertz CT molecular complexity index is 247. The van der Waals surface area contributed by atoms with Gasteiger partial charge in [-0.3, -0.25) is 0 Å². The quantitative estimate of drug-likeness (QED) is 0.611. The van der Waals surface area contributed by atoms with Gasteiger partial charge in [0, 0.05) is 12.1 Å². The number of rotatable bonds is 2. The van der Waals surface area contributed by atoms with E-state index < -0.39 is 0 Å². The lowest BCUT2D eigenvalue weighted by Crippen LogP contribution is -1.94. The minimum atomic E-state index is 0.653. The van der Waals surface area contributed by atoms with Gasteiger partial charge < -0.3 is 0 Å². The molecule has 0 N–H and O–H groups in total. The summed E-state index contributed by atoms with van der Waals surface area (Å²) in [7, 11) is 0. The molecule has 1 aromatic rings. The van der Waals surface area contributed by atoms with Crippen LogP contribution in [0.3, 0.4) is 0 Å². The Balaban J connectivity index is 2.37. The fraction of sp³-hybridized carbons (Fsp3) is 0.429. The predicted molar refractivity (Wildman–Crippen MR) is 38.4 cm³/mol. The average molecular weight is 135 g/mol. The first-order chi connectivity index (χ1) is 4.92. The Morgan fingerprint density at radius 2 is 2.50 bits per heavy atom. The van der Waals surface area contributed by atoms with Crippen LogP contribution in [0.15, 0.2) is 12.9 Å². The van der Waals surface area contributed by atoms with Crippen LogP contribution in [0.2, 0.25) is 0 Å². The van der Waals surface area contributed by atoms with Gasteiger partial charge in [-0.25, -0.2) is 9.67 Å². The maximum Gasteiger partial charge on any atom is 0.138 e. The molecule has 0 radical (unpaired) electrons. The first kappa shape index (κ1) is 5.65. The lowest BCUT2D eigenvalue weighted by atomic mass is 10.4. The summed E-state index contributed by atoms with van der Waals surface area (Å²) in [6, 6.07) is 0. The summed E-state index contributed by atoms with van der Waals surface area (Å²) in [5, 5.41) is 3.98. The highest BCUT2D eigenvalue weighted by Crippen LogP contribution is 2.38. The Labute approximate surface area is 59.4 Å². The fourth-order valence-corrected chi connectivity index (χ4v) is 1.03. The van der Waals surface area contributed by atoms with Crippen molar-refractivity contribution in [2.45, 2.75) is 18.8 Å². The highest BCUT2D eigenvalue weighted by Gasteiger charge is 2.27. The molecule has 3 heteroatoms. The van der Waals surface area contributed by atoms with E-state index in [-0.39, 0.29) is 0 Å². The molecule has 0 unspecified atom stereocenters. The van der Waals surface area contributed by atoms with Gasteiger partial charge in [0.05, 0.1) is 0 Å². The molecule has 0 atom stereocenters. The molecule has 1 aliphatic carbocycles. The molecule has 1 aliphatic rings. The van der Waals surface area contributed by atoms with Crippen molar-refractivity contribution in [2.75, 3.05) is 0 Å². The molecule has 1 fully saturated rings. The molecule has 2 rings (SSSR count). The molecule has 1 heterocycles. The van der Waals surface area contributed by atoms with Crippen LogP contribution in [0.1, 0.15) is 24.6 Å². The van der Waals surface area contributed by atoms with Crippen LogP contribution in [0.25, 0.3) is 6.20 Å². The van der Waals surface area contributed by atoms with Crippen LogP contribution in [-0.2, 0) is 0 Å². The summed E-state index contributed by atoms with van der Waals surface area (Å²) in [6.45, 7) is 3.63. The minimum Gasteiger partial charge on any atom is -0.225 e. The average Bonchev–Trinajstić information content (AvgIpc) is 2.69. The highest BCUT2D eigenvalue weighted by molar-refractivity contribution is 5.19. The number of hydrogen-bond donors (Lipinski definition) is 0. The zero-order valence-electron chi connectivity index (χ0n) is 5.70. The SMILES string of the molecule is C=Cn1ncnc1C1CC1. The van der Waals surface area contributed by atoms with E-state index in [1.54, 1.807) is 17.2 Å². The van der Waals surface area contributed by atoms with Crippen molar-refractivity contribution in [3.05, 3.63) is 18.7 Å². The normalized spacial score (nSPS) is 17.2. The standard InChI is InChI=1S/C7H9N3/c1-2-10-7(6-3-4-6)8-5-9-10/h2,5-6H,1,3-4H2. The van der Waals surface area contributed by atoms with Crippen LogP contribution >= 0.6 is 0 Å².